The molecule has 1 atom stereocenters. The molecule has 0 saturated heterocycles. The molecule has 2 N–H and O–H groups in total. The molecule has 0 aliphatic rings. The van der Waals surface area contributed by atoms with E-state index in [1.807, 2.05) is 6.07 Å². The van der Waals surface area contributed by atoms with Crippen molar-refractivity contribution in [3.8, 4) is 0 Å². The van der Waals surface area contributed by atoms with Gasteiger partial charge in [-0.05, 0) is 23.8 Å². The maximum Gasteiger partial charge on any atom is 0.0995 e. The van der Waals surface area contributed by atoms with Gasteiger partial charge in [0.25, 0.3) is 0 Å². The van der Waals surface area contributed by atoms with E-state index in [4.69, 9.17) is 40.5 Å². The van der Waals surface area contributed by atoms with Crippen LogP contribution in [-0.4, -0.2) is 0 Å². The molecule has 1 aromatic heterocycles. The molecule has 1 aromatic carbocycles. The average Bonchev–Trinajstić information content (AvgIpc) is 2.57. The topological polar surface area (TPSA) is 26.0 Å². The Balaban J connectivity index is 2.43. The molecule has 17 heavy (non-hydrogen) atoms. The van der Waals surface area contributed by atoms with Gasteiger partial charge in [0.05, 0.1) is 14.7 Å². The van der Waals surface area contributed by atoms with Gasteiger partial charge in [0, 0.05) is 15.1 Å². The summed E-state index contributed by atoms with van der Waals surface area (Å²) in [4.78, 5) is 0. The van der Waals surface area contributed by atoms with Crippen molar-refractivity contribution in [3.63, 3.8) is 0 Å². The number of hydrogen-bond acceptors (Lipinski definition) is 2. The zero-order valence-electron chi connectivity index (χ0n) is 8.38. The van der Waals surface area contributed by atoms with Crippen molar-refractivity contribution in [2.45, 2.75) is 6.04 Å². The van der Waals surface area contributed by atoms with Crippen LogP contribution in [0.1, 0.15) is 17.2 Å². The lowest BCUT2D eigenvalue weighted by atomic mass is 10.0. The largest absolute Gasteiger partial charge is 0.320 e. The van der Waals surface area contributed by atoms with E-state index in [1.165, 1.54) is 11.3 Å². The van der Waals surface area contributed by atoms with Crippen molar-refractivity contribution in [2.75, 3.05) is 0 Å². The highest BCUT2D eigenvalue weighted by atomic mass is 79.9. The first-order chi connectivity index (χ1) is 7.99. The van der Waals surface area contributed by atoms with Gasteiger partial charge in [-0.3, -0.25) is 0 Å². The van der Waals surface area contributed by atoms with E-state index in [-0.39, 0.29) is 6.04 Å². The smallest absolute Gasteiger partial charge is 0.0995 e. The molecule has 0 amide bonds. The first-order valence-corrected chi connectivity index (χ1v) is 7.38. The molecule has 1 unspecified atom stereocenters. The fourth-order valence-corrected chi connectivity index (χ4v) is 3.97. The molecular formula is C11H7BrCl3NS. The van der Waals surface area contributed by atoms with Gasteiger partial charge in [0.1, 0.15) is 0 Å². The van der Waals surface area contributed by atoms with Gasteiger partial charge < -0.3 is 5.73 Å². The molecule has 0 aliphatic carbocycles. The average molecular weight is 372 g/mol. The molecule has 0 bridgehead atoms. The molecule has 90 valence electrons. The van der Waals surface area contributed by atoms with Crippen LogP contribution in [-0.2, 0) is 0 Å². The first kappa shape index (κ1) is 13.7. The van der Waals surface area contributed by atoms with Crippen molar-refractivity contribution in [3.05, 3.63) is 53.6 Å². The summed E-state index contributed by atoms with van der Waals surface area (Å²) in [6.07, 6.45) is 0. The van der Waals surface area contributed by atoms with Crippen molar-refractivity contribution in [1.29, 1.82) is 0 Å². The van der Waals surface area contributed by atoms with Crippen LogP contribution < -0.4 is 5.73 Å². The maximum atomic E-state index is 6.17. The minimum Gasteiger partial charge on any atom is -0.320 e. The van der Waals surface area contributed by atoms with Crippen LogP contribution in [0.2, 0.25) is 13.7 Å². The molecule has 6 heteroatoms. The van der Waals surface area contributed by atoms with Crippen LogP contribution in [0.25, 0.3) is 0 Å². The van der Waals surface area contributed by atoms with Crippen molar-refractivity contribution in [2.24, 2.45) is 5.73 Å². The molecule has 0 spiro atoms. The number of rotatable bonds is 2. The van der Waals surface area contributed by atoms with Gasteiger partial charge in [0.15, 0.2) is 0 Å². The third-order valence-electron chi connectivity index (χ3n) is 2.32. The standard InChI is InChI=1S/C11H7BrCl3NS/c12-8-3-5(13)1-2-6(8)10(16)7-4-9(14)17-11(7)15/h1-4,10H,16H2. The summed E-state index contributed by atoms with van der Waals surface area (Å²) in [6, 6.07) is 6.94. The molecular weight excluding hydrogens is 364 g/mol. The summed E-state index contributed by atoms with van der Waals surface area (Å²) in [6.45, 7) is 0. The van der Waals surface area contributed by atoms with Gasteiger partial charge in [-0.1, -0.05) is 56.8 Å². The van der Waals surface area contributed by atoms with Crippen LogP contribution in [0.15, 0.2) is 28.7 Å². The molecule has 0 radical (unpaired) electrons. The third kappa shape index (κ3) is 2.98. The Kier molecular flexibility index (Phi) is 4.40. The summed E-state index contributed by atoms with van der Waals surface area (Å²) < 4.78 is 2.10. The van der Waals surface area contributed by atoms with E-state index in [0.29, 0.717) is 13.7 Å². The highest BCUT2D eigenvalue weighted by molar-refractivity contribution is 9.10. The van der Waals surface area contributed by atoms with E-state index in [1.54, 1.807) is 18.2 Å². The van der Waals surface area contributed by atoms with Crippen LogP contribution >= 0.6 is 62.1 Å². The zero-order chi connectivity index (χ0) is 12.6. The SMILES string of the molecule is NC(c1ccc(Cl)cc1Br)c1cc(Cl)sc1Cl. The number of halogens is 4. The van der Waals surface area contributed by atoms with E-state index < -0.39 is 0 Å². The summed E-state index contributed by atoms with van der Waals surface area (Å²) in [5.74, 6) is 0. The van der Waals surface area contributed by atoms with Crippen molar-refractivity contribution < 1.29 is 0 Å². The van der Waals surface area contributed by atoms with Crippen molar-refractivity contribution >= 4 is 62.1 Å². The number of hydrogen-bond donors (Lipinski definition) is 1. The molecule has 0 aliphatic heterocycles. The predicted octanol–water partition coefficient (Wildman–Crippen LogP) is 5.52. The monoisotopic (exact) mass is 369 g/mol. The summed E-state index contributed by atoms with van der Waals surface area (Å²) in [5.41, 5.74) is 7.92. The van der Waals surface area contributed by atoms with Gasteiger partial charge >= 0.3 is 0 Å². The predicted molar refractivity (Wildman–Crippen MR) is 79.5 cm³/mol. The van der Waals surface area contributed by atoms with Crippen LogP contribution in [0.4, 0.5) is 0 Å². The van der Waals surface area contributed by atoms with Crippen LogP contribution in [0.3, 0.4) is 0 Å². The fraction of sp³-hybridized carbons (Fsp3) is 0.0909. The lowest BCUT2D eigenvalue weighted by Crippen LogP contribution is -2.11. The Bertz CT molecular complexity index is 556. The zero-order valence-corrected chi connectivity index (χ0v) is 13.1. The summed E-state index contributed by atoms with van der Waals surface area (Å²) in [7, 11) is 0. The van der Waals surface area contributed by atoms with Crippen molar-refractivity contribution in [1.82, 2.24) is 0 Å². The summed E-state index contributed by atoms with van der Waals surface area (Å²) in [5, 5.41) is 0.655. The first-order valence-electron chi connectivity index (χ1n) is 4.64. The quantitative estimate of drug-likeness (QED) is 0.739. The molecule has 0 fully saturated rings. The third-order valence-corrected chi connectivity index (χ3v) is 4.76. The van der Waals surface area contributed by atoms with E-state index >= 15 is 0 Å². The second-order valence-corrected chi connectivity index (χ2v) is 7.00. The molecule has 2 rings (SSSR count). The van der Waals surface area contributed by atoms with Crippen LogP contribution in [0, 0.1) is 0 Å². The molecule has 1 nitrogen and oxygen atoms in total. The Labute approximate surface area is 127 Å². The van der Waals surface area contributed by atoms with Gasteiger partial charge in [-0.15, -0.1) is 11.3 Å². The van der Waals surface area contributed by atoms with Gasteiger partial charge in [0.2, 0.25) is 0 Å². The molecule has 1 heterocycles. The number of benzene rings is 1. The highest BCUT2D eigenvalue weighted by Gasteiger charge is 2.17. The second kappa shape index (κ2) is 5.47. The highest BCUT2D eigenvalue weighted by Crippen LogP contribution is 2.38. The summed E-state index contributed by atoms with van der Waals surface area (Å²) >= 11 is 22.6. The van der Waals surface area contributed by atoms with Crippen LogP contribution in [0.5, 0.6) is 0 Å². The molecule has 2 aromatic rings. The Hall–Kier alpha value is 0.230. The van der Waals surface area contributed by atoms with E-state index in [2.05, 4.69) is 15.9 Å². The normalized spacial score (nSPS) is 12.8. The molecule has 0 saturated carbocycles. The van der Waals surface area contributed by atoms with Gasteiger partial charge in [-0.25, -0.2) is 0 Å². The van der Waals surface area contributed by atoms with E-state index in [9.17, 15) is 0 Å². The lowest BCUT2D eigenvalue weighted by molar-refractivity contribution is 0.871. The number of nitrogens with two attached hydrogens (primary N) is 1. The minimum absolute atomic E-state index is 0.321. The van der Waals surface area contributed by atoms with Gasteiger partial charge in [-0.2, -0.15) is 0 Å². The minimum atomic E-state index is -0.321. The maximum absolute atomic E-state index is 6.17. The van der Waals surface area contributed by atoms with E-state index in [0.717, 1.165) is 15.6 Å². The Morgan fingerprint density at radius 1 is 1.12 bits per heavy atom. The number of thiophene rings is 1. The fourth-order valence-electron chi connectivity index (χ4n) is 1.49. The second-order valence-electron chi connectivity index (χ2n) is 3.42. The lowest BCUT2D eigenvalue weighted by Gasteiger charge is -2.13. The Morgan fingerprint density at radius 3 is 2.35 bits per heavy atom. The Morgan fingerprint density at radius 2 is 1.82 bits per heavy atom.